The van der Waals surface area contributed by atoms with E-state index < -0.39 is 0 Å². The molecule has 6 nitrogen and oxygen atoms in total. The molecule has 3 heterocycles. The molecule has 3 atom stereocenters. The Kier molecular flexibility index (Phi) is 4.03. The van der Waals surface area contributed by atoms with Crippen LogP contribution in [-0.4, -0.2) is 51.0 Å². The van der Waals surface area contributed by atoms with E-state index in [1.54, 1.807) is 13.1 Å². The van der Waals surface area contributed by atoms with E-state index in [-0.39, 0.29) is 23.3 Å². The lowest BCUT2D eigenvalue weighted by Crippen LogP contribution is -2.41. The van der Waals surface area contributed by atoms with E-state index in [9.17, 15) is 9.59 Å². The second-order valence-corrected chi connectivity index (χ2v) is 8.64. The Labute approximate surface area is 165 Å². The SMILES string of the molecule is CC(=O)N1C[C@H]2CN(C(=O)C3(Cn4cccn4)CC3)C[C@H]2[C@H]1c1ccccc1. The van der Waals surface area contributed by atoms with E-state index in [4.69, 9.17) is 0 Å². The second-order valence-electron chi connectivity index (χ2n) is 8.64. The molecular formula is C22H26N4O2. The minimum absolute atomic E-state index is 0.0720. The smallest absolute Gasteiger partial charge is 0.230 e. The van der Waals surface area contributed by atoms with Gasteiger partial charge >= 0.3 is 0 Å². The number of likely N-dealkylation sites (tertiary alicyclic amines) is 2. The molecule has 1 saturated carbocycles. The number of hydrogen-bond donors (Lipinski definition) is 0. The predicted molar refractivity (Wildman–Crippen MR) is 104 cm³/mol. The van der Waals surface area contributed by atoms with Crippen LogP contribution in [0.4, 0.5) is 0 Å². The number of carbonyl (C=O) groups is 2. The lowest BCUT2D eigenvalue weighted by molar-refractivity contribution is -0.137. The van der Waals surface area contributed by atoms with Crippen LogP contribution in [0.5, 0.6) is 0 Å². The van der Waals surface area contributed by atoms with Crippen LogP contribution in [-0.2, 0) is 16.1 Å². The molecule has 2 aromatic rings. The normalized spacial score (nSPS) is 27.7. The first kappa shape index (κ1) is 17.5. The van der Waals surface area contributed by atoms with Gasteiger partial charge in [0.15, 0.2) is 0 Å². The van der Waals surface area contributed by atoms with Gasteiger partial charge in [0.05, 0.1) is 18.0 Å². The van der Waals surface area contributed by atoms with Gasteiger partial charge in [0, 0.05) is 50.8 Å². The number of aromatic nitrogens is 2. The van der Waals surface area contributed by atoms with Crippen molar-refractivity contribution >= 4 is 11.8 Å². The summed E-state index contributed by atoms with van der Waals surface area (Å²) in [6.07, 6.45) is 5.59. The number of carbonyl (C=O) groups excluding carboxylic acids is 2. The number of hydrogen-bond acceptors (Lipinski definition) is 3. The Morgan fingerprint density at radius 3 is 2.54 bits per heavy atom. The zero-order valence-electron chi connectivity index (χ0n) is 16.2. The van der Waals surface area contributed by atoms with Crippen LogP contribution in [0.1, 0.15) is 31.4 Å². The Morgan fingerprint density at radius 2 is 1.89 bits per heavy atom. The molecule has 6 heteroatoms. The van der Waals surface area contributed by atoms with Crippen molar-refractivity contribution in [2.45, 2.75) is 32.4 Å². The number of amides is 2. The number of fused-ring (bicyclic) bond motifs is 1. The molecule has 146 valence electrons. The van der Waals surface area contributed by atoms with Crippen molar-refractivity contribution in [2.75, 3.05) is 19.6 Å². The fourth-order valence-electron chi connectivity index (χ4n) is 5.24. The van der Waals surface area contributed by atoms with Gasteiger partial charge in [0.1, 0.15) is 0 Å². The molecule has 2 saturated heterocycles. The Morgan fingerprint density at radius 1 is 1.11 bits per heavy atom. The summed E-state index contributed by atoms with van der Waals surface area (Å²) in [5, 5.41) is 4.29. The van der Waals surface area contributed by atoms with Crippen LogP contribution in [0.3, 0.4) is 0 Å². The fraction of sp³-hybridized carbons (Fsp3) is 0.500. The van der Waals surface area contributed by atoms with Gasteiger partial charge in [0.25, 0.3) is 0 Å². The topological polar surface area (TPSA) is 58.4 Å². The molecule has 2 aliphatic heterocycles. The fourth-order valence-corrected chi connectivity index (χ4v) is 5.24. The summed E-state index contributed by atoms with van der Waals surface area (Å²) < 4.78 is 1.88. The summed E-state index contributed by atoms with van der Waals surface area (Å²) in [6.45, 7) is 4.58. The average Bonchev–Trinajstić information content (AvgIpc) is 3.02. The zero-order valence-corrected chi connectivity index (χ0v) is 16.2. The molecule has 0 unspecified atom stereocenters. The first-order chi connectivity index (χ1) is 13.6. The van der Waals surface area contributed by atoms with Crippen molar-refractivity contribution < 1.29 is 9.59 Å². The first-order valence-electron chi connectivity index (χ1n) is 10.2. The van der Waals surface area contributed by atoms with E-state index in [0.29, 0.717) is 18.4 Å². The molecule has 0 spiro atoms. The van der Waals surface area contributed by atoms with E-state index in [1.807, 2.05) is 40.0 Å². The predicted octanol–water partition coefficient (Wildman–Crippen LogP) is 2.34. The van der Waals surface area contributed by atoms with Crippen molar-refractivity contribution in [1.29, 1.82) is 0 Å². The summed E-state index contributed by atoms with van der Waals surface area (Å²) in [4.78, 5) is 29.7. The molecular weight excluding hydrogens is 352 g/mol. The highest BCUT2D eigenvalue weighted by Gasteiger charge is 2.56. The van der Waals surface area contributed by atoms with Gasteiger partial charge in [-0.3, -0.25) is 14.3 Å². The van der Waals surface area contributed by atoms with Crippen LogP contribution < -0.4 is 0 Å². The lowest BCUT2D eigenvalue weighted by atomic mass is 9.89. The molecule has 1 aromatic carbocycles. The highest BCUT2D eigenvalue weighted by atomic mass is 16.2. The van der Waals surface area contributed by atoms with E-state index >= 15 is 0 Å². The number of benzene rings is 1. The van der Waals surface area contributed by atoms with E-state index in [1.165, 1.54) is 5.56 Å². The van der Waals surface area contributed by atoms with Crippen LogP contribution in [0.2, 0.25) is 0 Å². The maximum atomic E-state index is 13.3. The van der Waals surface area contributed by atoms with Crippen molar-refractivity contribution in [3.05, 3.63) is 54.4 Å². The second kappa shape index (κ2) is 6.47. The molecule has 28 heavy (non-hydrogen) atoms. The summed E-state index contributed by atoms with van der Waals surface area (Å²) >= 11 is 0. The average molecular weight is 378 g/mol. The standard InChI is InChI=1S/C22H26N4O2/c1-16(27)26-13-18-12-24(14-19(18)20(26)17-6-3-2-4-7-17)21(28)22(8-9-22)15-25-11-5-10-23-25/h2-7,10-11,18-20H,8-9,12-15H2,1H3/t18-,19-,20-/m1/s1. The highest BCUT2D eigenvalue weighted by Crippen LogP contribution is 2.51. The van der Waals surface area contributed by atoms with Gasteiger partial charge < -0.3 is 9.80 Å². The maximum absolute atomic E-state index is 13.3. The largest absolute Gasteiger partial charge is 0.341 e. The zero-order chi connectivity index (χ0) is 19.3. The Bertz CT molecular complexity index is 875. The minimum Gasteiger partial charge on any atom is -0.341 e. The quantitative estimate of drug-likeness (QED) is 0.821. The summed E-state index contributed by atoms with van der Waals surface area (Å²) in [6, 6.07) is 12.3. The van der Waals surface area contributed by atoms with Crippen LogP contribution in [0.25, 0.3) is 0 Å². The van der Waals surface area contributed by atoms with Gasteiger partial charge in [-0.25, -0.2) is 0 Å². The highest BCUT2D eigenvalue weighted by molar-refractivity contribution is 5.85. The van der Waals surface area contributed by atoms with Crippen LogP contribution >= 0.6 is 0 Å². The minimum atomic E-state index is -0.271. The third-order valence-corrected chi connectivity index (χ3v) is 6.83. The van der Waals surface area contributed by atoms with E-state index in [0.717, 1.165) is 32.5 Å². The molecule has 0 radical (unpaired) electrons. The Balaban J connectivity index is 1.35. The van der Waals surface area contributed by atoms with Crippen LogP contribution in [0, 0.1) is 17.3 Å². The van der Waals surface area contributed by atoms with Gasteiger partial charge in [-0.1, -0.05) is 30.3 Å². The molecule has 3 aliphatic rings. The van der Waals surface area contributed by atoms with Gasteiger partial charge in [0.2, 0.25) is 11.8 Å². The van der Waals surface area contributed by atoms with Crippen molar-refractivity contribution in [2.24, 2.45) is 17.3 Å². The van der Waals surface area contributed by atoms with Gasteiger partial charge in [-0.2, -0.15) is 5.10 Å². The third-order valence-electron chi connectivity index (χ3n) is 6.83. The number of rotatable bonds is 4. The molecule has 3 fully saturated rings. The molecule has 1 aromatic heterocycles. The monoisotopic (exact) mass is 378 g/mol. The molecule has 1 aliphatic carbocycles. The first-order valence-corrected chi connectivity index (χ1v) is 10.2. The maximum Gasteiger partial charge on any atom is 0.230 e. The summed E-state index contributed by atoms with van der Waals surface area (Å²) in [5.74, 6) is 1.08. The van der Waals surface area contributed by atoms with Crippen molar-refractivity contribution in [3.63, 3.8) is 0 Å². The molecule has 0 bridgehead atoms. The summed E-state index contributed by atoms with van der Waals surface area (Å²) in [7, 11) is 0. The lowest BCUT2D eigenvalue weighted by Gasteiger charge is -2.30. The van der Waals surface area contributed by atoms with Crippen molar-refractivity contribution in [3.8, 4) is 0 Å². The Hall–Kier alpha value is -2.63. The van der Waals surface area contributed by atoms with Crippen molar-refractivity contribution in [1.82, 2.24) is 19.6 Å². The summed E-state index contributed by atoms with van der Waals surface area (Å²) in [5.41, 5.74) is 0.907. The molecule has 5 rings (SSSR count). The molecule has 0 N–H and O–H groups in total. The van der Waals surface area contributed by atoms with Crippen LogP contribution in [0.15, 0.2) is 48.8 Å². The molecule has 2 amide bonds. The van der Waals surface area contributed by atoms with Gasteiger partial charge in [-0.05, 0) is 24.5 Å². The third kappa shape index (κ3) is 2.82. The number of nitrogens with zero attached hydrogens (tertiary/aromatic N) is 4. The van der Waals surface area contributed by atoms with Gasteiger partial charge in [-0.15, -0.1) is 0 Å². The van der Waals surface area contributed by atoms with E-state index in [2.05, 4.69) is 22.1 Å².